The third-order valence-electron chi connectivity index (χ3n) is 2.98. The maximum Gasteiger partial charge on any atom is 0.354 e. The van der Waals surface area contributed by atoms with Gasteiger partial charge in [0.2, 0.25) is 0 Å². The van der Waals surface area contributed by atoms with E-state index < -0.39 is 5.97 Å². The Labute approximate surface area is 107 Å². The van der Waals surface area contributed by atoms with Gasteiger partial charge < -0.3 is 16.2 Å². The summed E-state index contributed by atoms with van der Waals surface area (Å²) >= 11 is 0. The van der Waals surface area contributed by atoms with Crippen molar-refractivity contribution in [1.29, 1.82) is 0 Å². The van der Waals surface area contributed by atoms with Crippen LogP contribution in [0.3, 0.4) is 0 Å². The Hall–Kier alpha value is -1.78. The first-order chi connectivity index (χ1) is 8.43. The average molecular weight is 251 g/mol. The molecule has 1 aromatic rings. The number of rotatable bonds is 6. The molecule has 0 aliphatic carbocycles. The molecule has 0 spiro atoms. The van der Waals surface area contributed by atoms with Gasteiger partial charge in [-0.1, -0.05) is 20.3 Å². The zero-order valence-electron chi connectivity index (χ0n) is 11.1. The van der Waals surface area contributed by atoms with Crippen LogP contribution in [-0.2, 0) is 0 Å². The molecule has 2 unspecified atom stereocenters. The summed E-state index contributed by atoms with van der Waals surface area (Å²) in [7, 11) is 0. The van der Waals surface area contributed by atoms with Gasteiger partial charge in [-0.15, -0.1) is 0 Å². The lowest BCUT2D eigenvalue weighted by Crippen LogP contribution is -2.20. The second kappa shape index (κ2) is 6.23. The number of nitrogen functional groups attached to an aromatic ring is 1. The van der Waals surface area contributed by atoms with Crippen LogP contribution in [0, 0.1) is 5.92 Å². The van der Waals surface area contributed by atoms with Crippen LogP contribution in [0.4, 0.5) is 11.5 Å². The van der Waals surface area contributed by atoms with Gasteiger partial charge in [0, 0.05) is 6.04 Å². The summed E-state index contributed by atoms with van der Waals surface area (Å²) in [5.41, 5.74) is 6.25. The van der Waals surface area contributed by atoms with E-state index in [0.717, 1.165) is 12.8 Å². The van der Waals surface area contributed by atoms with E-state index in [9.17, 15) is 4.79 Å². The van der Waals surface area contributed by atoms with Gasteiger partial charge in [0.25, 0.3) is 0 Å². The normalized spacial score (nSPS) is 13.9. The minimum Gasteiger partial charge on any atom is -0.477 e. The molecule has 0 saturated carbocycles. The smallest absolute Gasteiger partial charge is 0.354 e. The number of carboxylic acids is 1. The van der Waals surface area contributed by atoms with Crippen LogP contribution < -0.4 is 11.1 Å². The lowest BCUT2D eigenvalue weighted by molar-refractivity contribution is 0.0690. The number of nitrogens with zero attached hydrogens (tertiary/aromatic N) is 1. The van der Waals surface area contributed by atoms with E-state index in [1.807, 2.05) is 6.92 Å². The second-order valence-corrected chi connectivity index (χ2v) is 4.73. The Morgan fingerprint density at radius 1 is 1.50 bits per heavy atom. The van der Waals surface area contributed by atoms with Gasteiger partial charge in [0.1, 0.15) is 5.82 Å². The summed E-state index contributed by atoms with van der Waals surface area (Å²) in [6.45, 7) is 6.37. The fourth-order valence-corrected chi connectivity index (χ4v) is 1.77. The molecule has 0 aliphatic heterocycles. The number of hydrogen-bond donors (Lipinski definition) is 3. The minimum absolute atomic E-state index is 0.00226. The van der Waals surface area contributed by atoms with Crippen molar-refractivity contribution in [2.24, 2.45) is 5.92 Å². The number of aromatic carboxylic acids is 1. The number of nitrogens with one attached hydrogen (secondary N) is 1. The Bertz CT molecular complexity index is 421. The average Bonchev–Trinajstić information content (AvgIpc) is 2.31. The topological polar surface area (TPSA) is 88.2 Å². The maximum atomic E-state index is 10.8. The highest BCUT2D eigenvalue weighted by Crippen LogP contribution is 2.19. The van der Waals surface area contributed by atoms with Crippen molar-refractivity contribution in [3.63, 3.8) is 0 Å². The molecule has 2 atom stereocenters. The summed E-state index contributed by atoms with van der Waals surface area (Å²) in [5.74, 6) is 0.00899. The monoisotopic (exact) mass is 251 g/mol. The largest absolute Gasteiger partial charge is 0.477 e. The molecule has 0 aliphatic rings. The summed E-state index contributed by atoms with van der Waals surface area (Å²) in [5, 5.41) is 12.1. The number of anilines is 2. The van der Waals surface area contributed by atoms with Crippen LogP contribution in [0.15, 0.2) is 12.1 Å². The fraction of sp³-hybridized carbons (Fsp3) is 0.538. The summed E-state index contributed by atoms with van der Waals surface area (Å²) in [4.78, 5) is 14.9. The number of hydrogen-bond acceptors (Lipinski definition) is 4. The lowest BCUT2D eigenvalue weighted by atomic mass is 10.0. The zero-order chi connectivity index (χ0) is 13.7. The maximum absolute atomic E-state index is 10.8. The number of carbonyl (C=O) groups is 1. The van der Waals surface area contributed by atoms with Crippen LogP contribution in [-0.4, -0.2) is 22.1 Å². The lowest BCUT2D eigenvalue weighted by Gasteiger charge is -2.19. The van der Waals surface area contributed by atoms with Crippen LogP contribution >= 0.6 is 0 Å². The van der Waals surface area contributed by atoms with Crippen LogP contribution in [0.25, 0.3) is 0 Å². The van der Waals surface area contributed by atoms with Crippen molar-refractivity contribution in [3.8, 4) is 0 Å². The van der Waals surface area contributed by atoms with Crippen molar-refractivity contribution < 1.29 is 9.90 Å². The van der Waals surface area contributed by atoms with Crippen molar-refractivity contribution in [3.05, 3.63) is 17.8 Å². The summed E-state index contributed by atoms with van der Waals surface area (Å²) < 4.78 is 0. The molecule has 4 N–H and O–H groups in total. The third-order valence-corrected chi connectivity index (χ3v) is 2.98. The first-order valence-electron chi connectivity index (χ1n) is 6.20. The standard InChI is InChI=1S/C13H21N3O2/c1-4-8(2)7-9(3)15-12-10(14)5-6-11(16-12)13(17)18/h5-6,8-9H,4,7,14H2,1-3H3,(H,15,16)(H,17,18). The molecule has 0 saturated heterocycles. The van der Waals surface area contributed by atoms with E-state index in [2.05, 4.69) is 24.1 Å². The highest BCUT2D eigenvalue weighted by Gasteiger charge is 2.12. The Morgan fingerprint density at radius 3 is 2.72 bits per heavy atom. The molecule has 1 rings (SSSR count). The van der Waals surface area contributed by atoms with Crippen LogP contribution in [0.2, 0.25) is 0 Å². The Kier molecular flexibility index (Phi) is 4.95. The van der Waals surface area contributed by atoms with Gasteiger partial charge in [-0.25, -0.2) is 9.78 Å². The summed E-state index contributed by atoms with van der Waals surface area (Å²) in [6.07, 6.45) is 2.11. The molecule has 0 amide bonds. The first-order valence-corrected chi connectivity index (χ1v) is 6.20. The van der Waals surface area contributed by atoms with E-state index >= 15 is 0 Å². The second-order valence-electron chi connectivity index (χ2n) is 4.73. The zero-order valence-corrected chi connectivity index (χ0v) is 11.1. The van der Waals surface area contributed by atoms with E-state index in [-0.39, 0.29) is 11.7 Å². The Balaban J connectivity index is 2.77. The number of nitrogens with two attached hydrogens (primary N) is 1. The molecular formula is C13H21N3O2. The molecule has 0 radical (unpaired) electrons. The number of pyridine rings is 1. The molecule has 0 fully saturated rings. The number of carboxylic acid groups (broad SMARTS) is 1. The Morgan fingerprint density at radius 2 is 2.17 bits per heavy atom. The van der Waals surface area contributed by atoms with Crippen LogP contribution in [0.1, 0.15) is 44.1 Å². The van der Waals surface area contributed by atoms with Crippen LogP contribution in [0.5, 0.6) is 0 Å². The summed E-state index contributed by atoms with van der Waals surface area (Å²) in [6, 6.07) is 3.18. The highest BCUT2D eigenvalue weighted by molar-refractivity contribution is 5.86. The van der Waals surface area contributed by atoms with Gasteiger partial charge in [-0.05, 0) is 31.4 Å². The first kappa shape index (κ1) is 14.3. The molecule has 5 nitrogen and oxygen atoms in total. The van der Waals surface area contributed by atoms with Gasteiger partial charge in [-0.2, -0.15) is 0 Å². The molecule has 0 bridgehead atoms. The van der Waals surface area contributed by atoms with Gasteiger partial charge in [0.15, 0.2) is 5.69 Å². The van der Waals surface area contributed by atoms with Crippen molar-refractivity contribution in [2.75, 3.05) is 11.1 Å². The van der Waals surface area contributed by atoms with Crippen molar-refractivity contribution in [2.45, 2.75) is 39.7 Å². The van der Waals surface area contributed by atoms with Gasteiger partial charge in [-0.3, -0.25) is 0 Å². The highest BCUT2D eigenvalue weighted by atomic mass is 16.4. The SMILES string of the molecule is CCC(C)CC(C)Nc1nc(C(=O)O)ccc1N. The van der Waals surface area contributed by atoms with E-state index in [1.165, 1.54) is 6.07 Å². The molecule has 1 heterocycles. The molecular weight excluding hydrogens is 230 g/mol. The third kappa shape index (κ3) is 3.91. The molecule has 0 aromatic carbocycles. The predicted molar refractivity (Wildman–Crippen MR) is 72.8 cm³/mol. The minimum atomic E-state index is -1.05. The van der Waals surface area contributed by atoms with E-state index in [4.69, 9.17) is 10.8 Å². The number of aromatic nitrogens is 1. The fourth-order valence-electron chi connectivity index (χ4n) is 1.77. The predicted octanol–water partition coefficient (Wildman–Crippen LogP) is 2.60. The molecule has 18 heavy (non-hydrogen) atoms. The van der Waals surface area contributed by atoms with Crippen molar-refractivity contribution in [1.82, 2.24) is 4.98 Å². The molecule has 1 aromatic heterocycles. The quantitative estimate of drug-likeness (QED) is 0.723. The molecule has 100 valence electrons. The van der Waals surface area contributed by atoms with E-state index in [0.29, 0.717) is 17.4 Å². The van der Waals surface area contributed by atoms with E-state index in [1.54, 1.807) is 6.07 Å². The van der Waals surface area contributed by atoms with Crippen molar-refractivity contribution >= 4 is 17.5 Å². The molecule has 5 heteroatoms. The van der Waals surface area contributed by atoms with Gasteiger partial charge in [0.05, 0.1) is 5.69 Å². The van der Waals surface area contributed by atoms with Gasteiger partial charge >= 0.3 is 5.97 Å².